The van der Waals surface area contributed by atoms with E-state index in [1.165, 1.54) is 19.3 Å². The van der Waals surface area contributed by atoms with E-state index in [1.54, 1.807) is 18.6 Å². The van der Waals surface area contributed by atoms with Gasteiger partial charge in [0, 0.05) is 25.8 Å². The van der Waals surface area contributed by atoms with E-state index in [0.29, 0.717) is 18.4 Å². The second-order valence-corrected chi connectivity index (χ2v) is 8.88. The molecule has 1 atom stereocenters. The minimum absolute atomic E-state index is 0.0494. The van der Waals surface area contributed by atoms with Crippen molar-refractivity contribution in [2.75, 3.05) is 47.9 Å². The average Bonchev–Trinajstić information content (AvgIpc) is 2.91. The van der Waals surface area contributed by atoms with E-state index in [1.807, 2.05) is 37.3 Å². The van der Waals surface area contributed by atoms with Crippen LogP contribution in [0.15, 0.2) is 48.9 Å². The molecule has 9 nitrogen and oxygen atoms in total. The van der Waals surface area contributed by atoms with Gasteiger partial charge in [0.25, 0.3) is 0 Å². The summed E-state index contributed by atoms with van der Waals surface area (Å²) >= 11 is 0. The molecule has 3 aromatic rings. The van der Waals surface area contributed by atoms with Crippen LogP contribution in [0.1, 0.15) is 39.0 Å². The van der Waals surface area contributed by atoms with Crippen LogP contribution < -0.4 is 24.6 Å². The number of nitrogens with zero attached hydrogens (tertiary/aromatic N) is 6. The van der Waals surface area contributed by atoms with Crippen LogP contribution in [0.25, 0.3) is 0 Å². The third-order valence-corrected chi connectivity index (χ3v) is 6.33. The molecule has 9 heteroatoms. The van der Waals surface area contributed by atoms with E-state index in [-0.39, 0.29) is 6.10 Å². The van der Waals surface area contributed by atoms with Crippen molar-refractivity contribution in [1.82, 2.24) is 19.9 Å². The predicted octanol–water partition coefficient (Wildman–Crippen LogP) is 4.45. The zero-order chi connectivity index (χ0) is 23.9. The van der Waals surface area contributed by atoms with Crippen LogP contribution in [0.3, 0.4) is 0 Å². The van der Waals surface area contributed by atoms with Gasteiger partial charge in [0.15, 0.2) is 17.3 Å². The highest BCUT2D eigenvalue weighted by Crippen LogP contribution is 2.30. The number of ether oxygens (including phenoxy) is 2. The maximum absolute atomic E-state index is 6.33. The summed E-state index contributed by atoms with van der Waals surface area (Å²) in [7, 11) is 0. The molecule has 0 aliphatic carbocycles. The molecule has 5 rings (SSSR count). The van der Waals surface area contributed by atoms with Crippen LogP contribution in [0, 0.1) is 0 Å². The number of piperidine rings is 2. The smallest absolute Gasteiger partial charge is 0.230 e. The molecule has 0 radical (unpaired) electrons. The Morgan fingerprint density at radius 2 is 1.74 bits per heavy atom. The normalized spacial score (nSPS) is 18.3. The van der Waals surface area contributed by atoms with Gasteiger partial charge in [0.05, 0.1) is 25.5 Å². The van der Waals surface area contributed by atoms with E-state index < -0.39 is 0 Å². The molecule has 2 aromatic heterocycles. The first-order valence-corrected chi connectivity index (χ1v) is 12.6. The first-order chi connectivity index (χ1) is 17.3. The molecule has 1 aromatic carbocycles. The lowest BCUT2D eigenvalue weighted by atomic mass is 10.1. The van der Waals surface area contributed by atoms with Crippen molar-refractivity contribution in [3.63, 3.8) is 0 Å². The zero-order valence-electron chi connectivity index (χ0n) is 20.3. The van der Waals surface area contributed by atoms with Gasteiger partial charge in [-0.15, -0.1) is 0 Å². The Labute approximate surface area is 206 Å². The van der Waals surface area contributed by atoms with Gasteiger partial charge in [-0.1, -0.05) is 12.1 Å². The summed E-state index contributed by atoms with van der Waals surface area (Å²) in [5.41, 5.74) is 0. The monoisotopic (exact) mass is 475 g/mol. The number of para-hydroxylation sites is 2. The Balaban J connectivity index is 1.25. The van der Waals surface area contributed by atoms with Crippen LogP contribution in [-0.4, -0.2) is 58.8 Å². The van der Waals surface area contributed by atoms with Crippen molar-refractivity contribution in [3.8, 4) is 11.5 Å². The molecule has 0 spiro atoms. The van der Waals surface area contributed by atoms with Gasteiger partial charge >= 0.3 is 0 Å². The lowest BCUT2D eigenvalue weighted by Gasteiger charge is -2.33. The van der Waals surface area contributed by atoms with E-state index in [2.05, 4.69) is 25.1 Å². The minimum Gasteiger partial charge on any atom is -0.490 e. The Morgan fingerprint density at radius 3 is 2.60 bits per heavy atom. The molecule has 2 aliphatic rings. The van der Waals surface area contributed by atoms with Gasteiger partial charge in [-0.2, -0.15) is 4.98 Å². The molecule has 1 N–H and O–H groups in total. The van der Waals surface area contributed by atoms with Crippen molar-refractivity contribution >= 4 is 23.4 Å². The van der Waals surface area contributed by atoms with Gasteiger partial charge < -0.3 is 24.6 Å². The maximum atomic E-state index is 6.33. The summed E-state index contributed by atoms with van der Waals surface area (Å²) < 4.78 is 12.1. The van der Waals surface area contributed by atoms with Gasteiger partial charge in [0.1, 0.15) is 17.7 Å². The minimum atomic E-state index is 0.0494. The quantitative estimate of drug-likeness (QED) is 0.508. The summed E-state index contributed by atoms with van der Waals surface area (Å²) in [6, 6.07) is 9.82. The summed E-state index contributed by atoms with van der Waals surface area (Å²) in [5.74, 6) is 4.50. The number of anilines is 4. The first kappa shape index (κ1) is 23.1. The van der Waals surface area contributed by atoms with Gasteiger partial charge in [-0.05, 0) is 57.2 Å². The fourth-order valence-electron chi connectivity index (χ4n) is 4.64. The second-order valence-electron chi connectivity index (χ2n) is 8.88. The molecule has 0 amide bonds. The van der Waals surface area contributed by atoms with Crippen molar-refractivity contribution in [3.05, 3.63) is 48.9 Å². The summed E-state index contributed by atoms with van der Waals surface area (Å²) in [6.45, 7) is 6.31. The molecule has 0 bridgehead atoms. The first-order valence-electron chi connectivity index (χ1n) is 12.6. The van der Waals surface area contributed by atoms with Gasteiger partial charge in [-0.25, -0.2) is 9.97 Å². The number of hydrogen-bond donors (Lipinski definition) is 1. The van der Waals surface area contributed by atoms with Gasteiger partial charge in [-0.3, -0.25) is 4.98 Å². The van der Waals surface area contributed by atoms with E-state index >= 15 is 0 Å². The number of aromatic nitrogens is 4. The number of benzene rings is 1. The average molecular weight is 476 g/mol. The van der Waals surface area contributed by atoms with Crippen molar-refractivity contribution in [2.45, 2.75) is 45.1 Å². The molecule has 2 aliphatic heterocycles. The fourth-order valence-corrected chi connectivity index (χ4v) is 4.64. The van der Waals surface area contributed by atoms with E-state index in [4.69, 9.17) is 19.4 Å². The number of hydrogen-bond acceptors (Lipinski definition) is 9. The van der Waals surface area contributed by atoms with Crippen LogP contribution >= 0.6 is 0 Å². The van der Waals surface area contributed by atoms with Crippen LogP contribution in [0.5, 0.6) is 11.5 Å². The Hall–Kier alpha value is -3.62. The Kier molecular flexibility index (Phi) is 7.41. The SMILES string of the molecule is CCOc1ccccc1O[C@@H]1CCCN(c2cncc(Nc3nccc(N4CCCCC4)n3)n2)C1. The van der Waals surface area contributed by atoms with Crippen LogP contribution in [-0.2, 0) is 0 Å². The lowest BCUT2D eigenvalue weighted by Crippen LogP contribution is -2.41. The number of nitrogens with one attached hydrogen (secondary N) is 1. The molecule has 0 unspecified atom stereocenters. The molecular formula is C26H33N7O2. The molecule has 184 valence electrons. The fraction of sp³-hybridized carbons (Fsp3) is 0.462. The molecule has 2 saturated heterocycles. The maximum Gasteiger partial charge on any atom is 0.230 e. The zero-order valence-corrected chi connectivity index (χ0v) is 20.3. The summed E-state index contributed by atoms with van der Waals surface area (Å²) in [4.78, 5) is 22.9. The van der Waals surface area contributed by atoms with E-state index in [0.717, 1.165) is 62.2 Å². The molecular weight excluding hydrogens is 442 g/mol. The molecule has 4 heterocycles. The van der Waals surface area contributed by atoms with Crippen molar-refractivity contribution < 1.29 is 9.47 Å². The highest BCUT2D eigenvalue weighted by molar-refractivity contribution is 5.53. The highest BCUT2D eigenvalue weighted by atomic mass is 16.5. The molecule has 0 saturated carbocycles. The Morgan fingerprint density at radius 1 is 0.914 bits per heavy atom. The second kappa shape index (κ2) is 11.2. The predicted molar refractivity (Wildman–Crippen MR) is 137 cm³/mol. The summed E-state index contributed by atoms with van der Waals surface area (Å²) in [6.07, 6.45) is 11.0. The lowest BCUT2D eigenvalue weighted by molar-refractivity contribution is 0.170. The molecule has 35 heavy (non-hydrogen) atoms. The molecule has 2 fully saturated rings. The van der Waals surface area contributed by atoms with Crippen molar-refractivity contribution in [1.29, 1.82) is 0 Å². The third-order valence-electron chi connectivity index (χ3n) is 6.33. The van der Waals surface area contributed by atoms with Gasteiger partial charge in [0.2, 0.25) is 5.95 Å². The highest BCUT2D eigenvalue weighted by Gasteiger charge is 2.24. The van der Waals surface area contributed by atoms with E-state index in [9.17, 15) is 0 Å². The summed E-state index contributed by atoms with van der Waals surface area (Å²) in [5, 5.41) is 3.24. The van der Waals surface area contributed by atoms with Crippen LogP contribution in [0.2, 0.25) is 0 Å². The topological polar surface area (TPSA) is 88.5 Å². The number of rotatable bonds is 8. The van der Waals surface area contributed by atoms with Crippen molar-refractivity contribution in [2.24, 2.45) is 0 Å². The standard InChI is InChI=1S/C26H33N7O2/c1-2-34-21-10-4-5-11-22(21)35-20-9-8-16-33(19-20)25-18-27-17-23(29-25)30-26-28-13-12-24(31-26)32-14-6-3-7-15-32/h4-5,10-13,17-18,20H,2-3,6-9,14-16,19H2,1H3,(H,28,29,30,31)/t20-/m1/s1. The Bertz CT molecular complexity index is 1110. The third kappa shape index (κ3) is 5.90. The van der Waals surface area contributed by atoms with Crippen LogP contribution in [0.4, 0.5) is 23.4 Å². The largest absolute Gasteiger partial charge is 0.490 e.